The van der Waals surface area contributed by atoms with E-state index in [9.17, 15) is 19.0 Å². The summed E-state index contributed by atoms with van der Waals surface area (Å²) in [5.41, 5.74) is 0. The maximum atomic E-state index is 12.7. The summed E-state index contributed by atoms with van der Waals surface area (Å²) in [6.45, 7) is 4.24. The van der Waals surface area contributed by atoms with Crippen LogP contribution < -0.4 is 0 Å². The topological polar surface area (TPSA) is 108 Å². The maximum Gasteiger partial charge on any atom is 0.472 e. The third-order valence-electron chi connectivity index (χ3n) is 10.3. The van der Waals surface area contributed by atoms with Gasteiger partial charge in [0.05, 0.1) is 27.7 Å². The fourth-order valence-corrected chi connectivity index (χ4v) is 7.10. The van der Waals surface area contributed by atoms with Crippen LogP contribution in [0, 0.1) is 0 Å². The molecule has 376 valence electrons. The summed E-state index contributed by atoms with van der Waals surface area (Å²) in [5, 5.41) is 0. The molecule has 0 aromatic rings. The predicted octanol–water partition coefficient (Wildman–Crippen LogP) is 15.5. The number of quaternary nitrogens is 1. The van der Waals surface area contributed by atoms with Crippen LogP contribution in [-0.2, 0) is 32.7 Å². The summed E-state index contributed by atoms with van der Waals surface area (Å²) in [6, 6.07) is 0. The summed E-state index contributed by atoms with van der Waals surface area (Å²) in [7, 11) is 1.44. The van der Waals surface area contributed by atoms with Crippen molar-refractivity contribution in [2.24, 2.45) is 0 Å². The zero-order valence-electron chi connectivity index (χ0n) is 42.4. The third-order valence-corrected chi connectivity index (χ3v) is 11.3. The van der Waals surface area contributed by atoms with Gasteiger partial charge in [0, 0.05) is 12.8 Å². The number of phosphoric acid groups is 1. The molecule has 0 aliphatic heterocycles. The van der Waals surface area contributed by atoms with Gasteiger partial charge in [-0.1, -0.05) is 194 Å². The summed E-state index contributed by atoms with van der Waals surface area (Å²) in [4.78, 5) is 35.4. The van der Waals surface area contributed by atoms with E-state index >= 15 is 0 Å². The number of phosphoric ester groups is 1. The Morgan fingerprint density at radius 3 is 1.29 bits per heavy atom. The predicted molar refractivity (Wildman–Crippen MR) is 279 cm³/mol. The van der Waals surface area contributed by atoms with Gasteiger partial charge < -0.3 is 18.9 Å². The Kier molecular flexibility index (Phi) is 44.4. The van der Waals surface area contributed by atoms with Crippen LogP contribution in [0.2, 0.25) is 0 Å². The lowest BCUT2D eigenvalue weighted by atomic mass is 10.1. The number of carbonyl (C=O) groups excluding carboxylic acids is 2. The van der Waals surface area contributed by atoms with Gasteiger partial charge in [-0.3, -0.25) is 18.6 Å². The fraction of sp³-hybridized carbons (Fsp3) is 0.643. The van der Waals surface area contributed by atoms with E-state index in [0.29, 0.717) is 17.4 Å². The molecule has 66 heavy (non-hydrogen) atoms. The van der Waals surface area contributed by atoms with Gasteiger partial charge in [0.1, 0.15) is 19.8 Å². The molecule has 0 aromatic heterocycles. The number of unbranched alkanes of at least 4 members (excludes halogenated alkanes) is 13. The highest BCUT2D eigenvalue weighted by Gasteiger charge is 2.27. The van der Waals surface area contributed by atoms with Crippen molar-refractivity contribution in [3.63, 3.8) is 0 Å². The normalized spacial score (nSPS) is 14.3. The molecule has 0 fully saturated rings. The Labute approximate surface area is 404 Å². The number of rotatable bonds is 45. The monoisotopic (exact) mass is 941 g/mol. The number of hydrogen-bond donors (Lipinski definition) is 1. The number of hydrogen-bond acceptors (Lipinski definition) is 7. The highest BCUT2D eigenvalue weighted by molar-refractivity contribution is 7.47. The van der Waals surface area contributed by atoms with Crippen molar-refractivity contribution in [2.75, 3.05) is 47.5 Å². The van der Waals surface area contributed by atoms with Gasteiger partial charge in [0.15, 0.2) is 6.10 Å². The SMILES string of the molecule is CC/C=C\C/C=C\C/C=C\C/C=C\C/C=C\C/C=C\C/C=C\C/C=C\C/C=C\CCCCCC(=O)OC(COC(=O)CCCCCCCCCCCCC)COP(=O)(O)OCC[N+](C)(C)C. The van der Waals surface area contributed by atoms with Gasteiger partial charge in [-0.2, -0.15) is 0 Å². The van der Waals surface area contributed by atoms with E-state index < -0.39 is 26.5 Å². The number of allylic oxidation sites excluding steroid dienone is 18. The lowest BCUT2D eigenvalue weighted by Crippen LogP contribution is -2.37. The number of ether oxygens (including phenoxy) is 2. The molecule has 2 unspecified atom stereocenters. The van der Waals surface area contributed by atoms with Crippen molar-refractivity contribution in [3.05, 3.63) is 109 Å². The number of likely N-dealkylation sites (N-methyl/N-ethyl adjacent to an activating group) is 1. The summed E-state index contributed by atoms with van der Waals surface area (Å²) < 4.78 is 34.3. The van der Waals surface area contributed by atoms with Crippen LogP contribution >= 0.6 is 7.82 Å². The molecule has 0 aliphatic carbocycles. The molecule has 0 rings (SSSR count). The molecule has 0 aliphatic rings. The molecule has 9 nitrogen and oxygen atoms in total. The second kappa shape index (κ2) is 46.8. The minimum absolute atomic E-state index is 0.0198. The van der Waals surface area contributed by atoms with E-state index in [-0.39, 0.29) is 32.0 Å². The van der Waals surface area contributed by atoms with Gasteiger partial charge in [0.25, 0.3) is 0 Å². The maximum absolute atomic E-state index is 12.7. The zero-order chi connectivity index (χ0) is 48.5. The van der Waals surface area contributed by atoms with E-state index in [2.05, 4.69) is 123 Å². The molecule has 0 heterocycles. The van der Waals surface area contributed by atoms with Crippen molar-refractivity contribution in [3.8, 4) is 0 Å². The third kappa shape index (κ3) is 50.1. The molecule has 2 atom stereocenters. The van der Waals surface area contributed by atoms with Crippen LogP contribution in [-0.4, -0.2) is 74.9 Å². The zero-order valence-corrected chi connectivity index (χ0v) is 43.3. The summed E-state index contributed by atoms with van der Waals surface area (Å²) in [5.74, 6) is -0.845. The fourth-order valence-electron chi connectivity index (χ4n) is 6.36. The molecule has 0 amide bonds. The average Bonchev–Trinajstić information content (AvgIpc) is 3.27. The summed E-state index contributed by atoms with van der Waals surface area (Å²) >= 11 is 0. The second-order valence-corrected chi connectivity index (χ2v) is 19.3. The van der Waals surface area contributed by atoms with Gasteiger partial charge in [-0.05, 0) is 83.5 Å². The molecular weight excluding hydrogens is 846 g/mol. The average molecular weight is 941 g/mol. The minimum Gasteiger partial charge on any atom is -0.462 e. The first kappa shape index (κ1) is 62.7. The van der Waals surface area contributed by atoms with E-state index in [1.165, 1.54) is 51.4 Å². The summed E-state index contributed by atoms with van der Waals surface area (Å²) in [6.07, 6.45) is 64.4. The lowest BCUT2D eigenvalue weighted by molar-refractivity contribution is -0.870. The first-order valence-corrected chi connectivity index (χ1v) is 27.1. The molecule has 1 N–H and O–H groups in total. The molecular formula is C56H95NO8P+. The second-order valence-electron chi connectivity index (χ2n) is 17.8. The van der Waals surface area contributed by atoms with E-state index in [1.807, 2.05) is 21.1 Å². The number of nitrogens with zero attached hydrogens (tertiary/aromatic N) is 1. The van der Waals surface area contributed by atoms with Gasteiger partial charge in [-0.15, -0.1) is 0 Å². The van der Waals surface area contributed by atoms with Crippen LogP contribution in [0.3, 0.4) is 0 Å². The molecule has 0 radical (unpaired) electrons. The lowest BCUT2D eigenvalue weighted by Gasteiger charge is -2.24. The molecule has 0 saturated carbocycles. The number of esters is 2. The van der Waals surface area contributed by atoms with Gasteiger partial charge in [-0.25, -0.2) is 4.57 Å². The van der Waals surface area contributed by atoms with Crippen molar-refractivity contribution in [1.82, 2.24) is 0 Å². The van der Waals surface area contributed by atoms with Crippen molar-refractivity contribution < 1.29 is 42.1 Å². The van der Waals surface area contributed by atoms with Crippen LogP contribution in [0.1, 0.15) is 181 Å². The molecule has 10 heteroatoms. The van der Waals surface area contributed by atoms with Crippen LogP contribution in [0.15, 0.2) is 109 Å². The Morgan fingerprint density at radius 1 is 0.485 bits per heavy atom. The highest BCUT2D eigenvalue weighted by Crippen LogP contribution is 2.43. The Balaban J connectivity index is 4.29. The first-order valence-electron chi connectivity index (χ1n) is 25.6. The largest absolute Gasteiger partial charge is 0.472 e. The minimum atomic E-state index is -4.39. The molecule has 0 saturated heterocycles. The molecule has 0 bridgehead atoms. The van der Waals surface area contributed by atoms with E-state index in [1.54, 1.807) is 0 Å². The molecule has 0 spiro atoms. The number of carbonyl (C=O) groups is 2. The van der Waals surface area contributed by atoms with Gasteiger partial charge >= 0.3 is 19.8 Å². The van der Waals surface area contributed by atoms with Crippen LogP contribution in [0.4, 0.5) is 0 Å². The smallest absolute Gasteiger partial charge is 0.462 e. The Hall–Kier alpha value is -3.33. The van der Waals surface area contributed by atoms with Crippen molar-refractivity contribution >= 4 is 19.8 Å². The van der Waals surface area contributed by atoms with Crippen molar-refractivity contribution in [1.29, 1.82) is 0 Å². The first-order chi connectivity index (χ1) is 32.0. The molecule has 0 aromatic carbocycles. The van der Waals surface area contributed by atoms with E-state index in [0.717, 1.165) is 96.3 Å². The van der Waals surface area contributed by atoms with Gasteiger partial charge in [0.2, 0.25) is 0 Å². The standard InChI is InChI=1S/C56H94NO8P/c1-6-8-10-12-14-16-18-19-20-21-22-23-24-25-26-27-28-29-30-31-32-33-34-35-36-37-39-41-43-45-47-49-56(59)65-54(53-64-66(60,61)63-51-50-57(3,4)5)52-62-55(58)48-46-44-42-40-38-17-15-13-11-9-7-2/h8,10,14,16,19-20,22-23,25-26,28-29,31-32,34-35,37,39,54H,6-7,9,11-13,15,17-18,21,24,27,30,33,36,38,40-53H2,1-5H3/p+1/b10-8-,16-14-,20-19-,23-22-,26-25-,29-28-,32-31-,35-34-,39-37-. The van der Waals surface area contributed by atoms with E-state index in [4.69, 9.17) is 18.5 Å². The Bertz CT molecular complexity index is 1480. The van der Waals surface area contributed by atoms with Crippen molar-refractivity contribution in [2.45, 2.75) is 187 Å². The highest BCUT2D eigenvalue weighted by atomic mass is 31.2. The van der Waals surface area contributed by atoms with Crippen LogP contribution in [0.25, 0.3) is 0 Å². The Morgan fingerprint density at radius 2 is 0.864 bits per heavy atom. The van der Waals surface area contributed by atoms with Crippen LogP contribution in [0.5, 0.6) is 0 Å². The quantitative estimate of drug-likeness (QED) is 0.0211.